The molecule has 4 nitrogen and oxygen atoms in total. The van der Waals surface area contributed by atoms with Gasteiger partial charge in [-0.15, -0.1) is 0 Å². The zero-order valence-corrected chi connectivity index (χ0v) is 11.7. The molecule has 4 rings (SSSR count). The first-order valence-corrected chi connectivity index (χ1v) is 7.27. The summed E-state index contributed by atoms with van der Waals surface area (Å²) >= 11 is 0. The van der Waals surface area contributed by atoms with Crippen molar-refractivity contribution < 1.29 is 4.74 Å². The number of aromatic amines is 1. The van der Waals surface area contributed by atoms with Gasteiger partial charge in [0.1, 0.15) is 5.65 Å². The standard InChI is InChI=1S/C17H17N3O/c1-2-13(12-14(3-1)20-8-10-21-11-9-20)15-4-6-18-17-16(15)5-7-19-17/h1-7,12H,8-11H2,(H,18,19). The minimum absolute atomic E-state index is 0.807. The third-order valence-electron chi connectivity index (χ3n) is 3.99. The smallest absolute Gasteiger partial charge is 0.137 e. The summed E-state index contributed by atoms with van der Waals surface area (Å²) in [6, 6.07) is 12.9. The molecule has 106 valence electrons. The van der Waals surface area contributed by atoms with E-state index in [9.17, 15) is 0 Å². The van der Waals surface area contributed by atoms with Crippen molar-refractivity contribution in [1.82, 2.24) is 9.97 Å². The molecule has 0 saturated carbocycles. The molecule has 0 bridgehead atoms. The summed E-state index contributed by atoms with van der Waals surface area (Å²) in [6.07, 6.45) is 3.79. The van der Waals surface area contributed by atoms with Crippen LogP contribution in [-0.4, -0.2) is 36.3 Å². The van der Waals surface area contributed by atoms with E-state index < -0.39 is 0 Å². The molecular weight excluding hydrogens is 262 g/mol. The number of pyridine rings is 1. The van der Waals surface area contributed by atoms with Crippen LogP contribution >= 0.6 is 0 Å². The highest BCUT2D eigenvalue weighted by Crippen LogP contribution is 2.29. The Morgan fingerprint density at radius 2 is 2.00 bits per heavy atom. The summed E-state index contributed by atoms with van der Waals surface area (Å²) in [5.74, 6) is 0. The number of nitrogens with zero attached hydrogens (tertiary/aromatic N) is 2. The lowest BCUT2D eigenvalue weighted by atomic mass is 10.0. The lowest BCUT2D eigenvalue weighted by Crippen LogP contribution is -2.36. The quantitative estimate of drug-likeness (QED) is 0.784. The van der Waals surface area contributed by atoms with Gasteiger partial charge in [-0.1, -0.05) is 12.1 Å². The molecule has 0 amide bonds. The van der Waals surface area contributed by atoms with Gasteiger partial charge < -0.3 is 14.6 Å². The van der Waals surface area contributed by atoms with Crippen LogP contribution in [0.15, 0.2) is 48.8 Å². The van der Waals surface area contributed by atoms with Crippen LogP contribution in [0.5, 0.6) is 0 Å². The summed E-state index contributed by atoms with van der Waals surface area (Å²) in [5, 5.41) is 1.16. The second-order valence-electron chi connectivity index (χ2n) is 5.25. The van der Waals surface area contributed by atoms with Gasteiger partial charge in [0.25, 0.3) is 0 Å². The molecule has 2 aromatic heterocycles. The third-order valence-corrected chi connectivity index (χ3v) is 3.99. The number of fused-ring (bicyclic) bond motifs is 1. The SMILES string of the molecule is c1cc(-c2ccnc3[nH]ccc23)cc(N2CCOCC2)c1. The monoisotopic (exact) mass is 279 g/mol. The summed E-state index contributed by atoms with van der Waals surface area (Å²) in [4.78, 5) is 9.90. The van der Waals surface area contributed by atoms with E-state index in [1.807, 2.05) is 12.4 Å². The Bertz CT molecular complexity index is 759. The molecule has 1 aromatic carbocycles. The molecule has 0 spiro atoms. The molecule has 1 aliphatic rings. The van der Waals surface area contributed by atoms with Gasteiger partial charge in [-0.25, -0.2) is 4.98 Å². The number of ether oxygens (including phenoxy) is 1. The fourth-order valence-corrected chi connectivity index (χ4v) is 2.90. The normalized spacial score (nSPS) is 15.5. The van der Waals surface area contributed by atoms with Crippen molar-refractivity contribution in [2.24, 2.45) is 0 Å². The Labute approximate surface area is 123 Å². The zero-order valence-electron chi connectivity index (χ0n) is 11.7. The number of rotatable bonds is 2. The molecule has 0 aliphatic carbocycles. The predicted octanol–water partition coefficient (Wildman–Crippen LogP) is 3.07. The van der Waals surface area contributed by atoms with Crippen molar-refractivity contribution in [3.8, 4) is 11.1 Å². The first-order valence-electron chi connectivity index (χ1n) is 7.27. The highest BCUT2D eigenvalue weighted by Gasteiger charge is 2.12. The number of anilines is 1. The van der Waals surface area contributed by atoms with E-state index in [1.165, 1.54) is 16.8 Å². The van der Waals surface area contributed by atoms with E-state index in [4.69, 9.17) is 4.74 Å². The van der Waals surface area contributed by atoms with Gasteiger partial charge in [0.15, 0.2) is 0 Å². The van der Waals surface area contributed by atoms with Crippen LogP contribution in [0.3, 0.4) is 0 Å². The van der Waals surface area contributed by atoms with Gasteiger partial charge in [0.05, 0.1) is 13.2 Å². The average Bonchev–Trinajstić information content (AvgIpc) is 3.04. The summed E-state index contributed by atoms with van der Waals surface area (Å²) in [7, 11) is 0. The maximum Gasteiger partial charge on any atom is 0.137 e. The molecule has 1 fully saturated rings. The molecule has 0 unspecified atom stereocenters. The molecule has 4 heteroatoms. The van der Waals surface area contributed by atoms with Crippen LogP contribution in [0.25, 0.3) is 22.2 Å². The summed E-state index contributed by atoms with van der Waals surface area (Å²) in [5.41, 5.74) is 4.64. The number of hydrogen-bond acceptors (Lipinski definition) is 3. The molecule has 1 N–H and O–H groups in total. The molecular formula is C17H17N3O. The Balaban J connectivity index is 1.76. The molecule has 21 heavy (non-hydrogen) atoms. The molecule has 3 heterocycles. The number of aromatic nitrogens is 2. The first kappa shape index (κ1) is 12.4. The Hall–Kier alpha value is -2.33. The van der Waals surface area contributed by atoms with Gasteiger partial charge in [-0.05, 0) is 35.4 Å². The maximum absolute atomic E-state index is 5.43. The highest BCUT2D eigenvalue weighted by molar-refractivity contribution is 5.93. The van der Waals surface area contributed by atoms with E-state index in [0.717, 1.165) is 37.3 Å². The van der Waals surface area contributed by atoms with Crippen molar-refractivity contribution in [2.75, 3.05) is 31.2 Å². The van der Waals surface area contributed by atoms with Crippen LogP contribution in [-0.2, 0) is 4.74 Å². The molecule has 0 atom stereocenters. The van der Waals surface area contributed by atoms with Crippen molar-refractivity contribution >= 4 is 16.7 Å². The second-order valence-corrected chi connectivity index (χ2v) is 5.25. The van der Waals surface area contributed by atoms with Gasteiger partial charge in [0, 0.05) is 36.6 Å². The van der Waals surface area contributed by atoms with Crippen molar-refractivity contribution in [3.63, 3.8) is 0 Å². The van der Waals surface area contributed by atoms with Crippen molar-refractivity contribution in [3.05, 3.63) is 48.8 Å². The minimum Gasteiger partial charge on any atom is -0.378 e. The largest absolute Gasteiger partial charge is 0.378 e. The third kappa shape index (κ3) is 2.28. The lowest BCUT2D eigenvalue weighted by Gasteiger charge is -2.29. The van der Waals surface area contributed by atoms with E-state index in [1.54, 1.807) is 0 Å². The fourth-order valence-electron chi connectivity index (χ4n) is 2.90. The Morgan fingerprint density at radius 3 is 2.90 bits per heavy atom. The van der Waals surface area contributed by atoms with E-state index in [-0.39, 0.29) is 0 Å². The topological polar surface area (TPSA) is 41.2 Å². The second kappa shape index (κ2) is 5.22. The number of morpholine rings is 1. The minimum atomic E-state index is 0.807. The number of benzene rings is 1. The van der Waals surface area contributed by atoms with E-state index in [2.05, 4.69) is 51.3 Å². The van der Waals surface area contributed by atoms with Gasteiger partial charge >= 0.3 is 0 Å². The maximum atomic E-state index is 5.43. The van der Waals surface area contributed by atoms with Crippen LogP contribution in [0.4, 0.5) is 5.69 Å². The number of nitrogens with one attached hydrogen (secondary N) is 1. The summed E-state index contributed by atoms with van der Waals surface area (Å²) in [6.45, 7) is 3.53. The average molecular weight is 279 g/mol. The predicted molar refractivity (Wildman–Crippen MR) is 84.6 cm³/mol. The first-order chi connectivity index (χ1) is 10.4. The van der Waals surface area contributed by atoms with Gasteiger partial charge in [-0.2, -0.15) is 0 Å². The van der Waals surface area contributed by atoms with Gasteiger partial charge in [-0.3, -0.25) is 0 Å². The molecule has 3 aromatic rings. The molecule has 1 saturated heterocycles. The van der Waals surface area contributed by atoms with E-state index in [0.29, 0.717) is 0 Å². The highest BCUT2D eigenvalue weighted by atomic mass is 16.5. The zero-order chi connectivity index (χ0) is 14.1. The van der Waals surface area contributed by atoms with Crippen LogP contribution < -0.4 is 4.90 Å². The molecule has 0 radical (unpaired) electrons. The van der Waals surface area contributed by atoms with Crippen LogP contribution in [0.1, 0.15) is 0 Å². The lowest BCUT2D eigenvalue weighted by molar-refractivity contribution is 0.122. The van der Waals surface area contributed by atoms with Crippen molar-refractivity contribution in [1.29, 1.82) is 0 Å². The van der Waals surface area contributed by atoms with Crippen molar-refractivity contribution in [2.45, 2.75) is 0 Å². The van der Waals surface area contributed by atoms with Gasteiger partial charge in [0.2, 0.25) is 0 Å². The fraction of sp³-hybridized carbons (Fsp3) is 0.235. The van der Waals surface area contributed by atoms with E-state index >= 15 is 0 Å². The Kier molecular flexibility index (Phi) is 3.09. The van der Waals surface area contributed by atoms with Crippen LogP contribution in [0.2, 0.25) is 0 Å². The Morgan fingerprint density at radius 1 is 1.10 bits per heavy atom. The molecule has 1 aliphatic heterocycles. The number of H-pyrrole nitrogens is 1. The van der Waals surface area contributed by atoms with Crippen LogP contribution in [0, 0.1) is 0 Å². The summed E-state index contributed by atoms with van der Waals surface area (Å²) < 4.78 is 5.43. The number of hydrogen-bond donors (Lipinski definition) is 1.